The Kier molecular flexibility index (Phi) is 19.8. The summed E-state index contributed by atoms with van der Waals surface area (Å²) in [5, 5.41) is 20.2. The van der Waals surface area contributed by atoms with Crippen LogP contribution in [-0.4, -0.2) is 84.6 Å². The number of pyridine rings is 1. The van der Waals surface area contributed by atoms with Crippen molar-refractivity contribution in [1.82, 2.24) is 31.4 Å². The highest BCUT2D eigenvalue weighted by molar-refractivity contribution is 5.87. The van der Waals surface area contributed by atoms with E-state index in [4.69, 9.17) is 4.74 Å². The number of benzene rings is 2. The Labute approximate surface area is 315 Å². The van der Waals surface area contributed by atoms with Crippen LogP contribution in [0.5, 0.6) is 0 Å². The molecule has 0 fully saturated rings. The molecule has 13 nitrogen and oxygen atoms in total. The number of nitrogens with one attached hydrogen (secondary N) is 4. The number of rotatable bonds is 12. The molecular weight excluding hydrogens is 676 g/mol. The number of hydrogen-bond acceptors (Lipinski definition) is 9. The minimum absolute atomic E-state index is 0.0757. The van der Waals surface area contributed by atoms with E-state index in [0.29, 0.717) is 0 Å². The molecule has 0 saturated carbocycles. The summed E-state index contributed by atoms with van der Waals surface area (Å²) in [6.07, 6.45) is -0.914. The lowest BCUT2D eigenvalue weighted by Crippen LogP contribution is -2.58. The Bertz CT molecular complexity index is 1530. The van der Waals surface area contributed by atoms with Crippen molar-refractivity contribution < 1.29 is 33.8 Å². The first kappa shape index (κ1) is 46.0. The fourth-order valence-electron chi connectivity index (χ4n) is 4.78. The molecule has 0 aliphatic carbocycles. The van der Waals surface area contributed by atoms with Gasteiger partial charge in [-0.15, -0.1) is 0 Å². The molecule has 0 saturated heterocycles. The van der Waals surface area contributed by atoms with E-state index in [0.717, 1.165) is 16.8 Å². The smallest absolute Gasteiger partial charge is 0.407 e. The number of aliphatic hydroxyl groups is 1. The second-order valence-electron chi connectivity index (χ2n) is 14.2. The topological polar surface area (TPSA) is 171 Å². The van der Waals surface area contributed by atoms with Crippen LogP contribution in [0.3, 0.4) is 0 Å². The Hall–Kier alpha value is -5.01. The van der Waals surface area contributed by atoms with Gasteiger partial charge in [0.1, 0.15) is 12.1 Å². The summed E-state index contributed by atoms with van der Waals surface area (Å²) >= 11 is 0. The molecule has 0 bridgehead atoms. The van der Waals surface area contributed by atoms with Gasteiger partial charge in [-0.1, -0.05) is 122 Å². The van der Waals surface area contributed by atoms with E-state index >= 15 is 0 Å². The third-order valence-electron chi connectivity index (χ3n) is 7.59. The molecule has 1 aromatic heterocycles. The van der Waals surface area contributed by atoms with Crippen molar-refractivity contribution in [3.63, 3.8) is 0 Å². The van der Waals surface area contributed by atoms with Crippen LogP contribution in [0, 0.1) is 17.8 Å². The standard InChI is InChI=1S/C31H46N6O7.C7H8.C2H6/c1-30(2,3)24(34-28(41)43-7)26(39)33-17-22(38)19-37(36-27(40)25(31(4,5)6)35-29(42)44-8)18-20-12-14-21(15-13-20)23-11-9-10-16-32-23;1-7-5-3-2-4-6-7;1-2/h9-16,22,24-25,38H,17-19H2,1-8H3,(H,33,39)(H,34,41)(H,35,42)(H,36,40);2-6H,1H3;1-2H3/t22-,24?,25-;;/m1../s1. The second kappa shape index (κ2) is 22.8. The number of carbonyl (C=O) groups is 4. The molecule has 292 valence electrons. The first-order chi connectivity index (χ1) is 24.9. The van der Waals surface area contributed by atoms with E-state index in [1.165, 1.54) is 24.8 Å². The molecule has 3 atom stereocenters. The van der Waals surface area contributed by atoms with E-state index < -0.39 is 53.0 Å². The van der Waals surface area contributed by atoms with Gasteiger partial charge in [-0.05, 0) is 35.4 Å². The van der Waals surface area contributed by atoms with Crippen molar-refractivity contribution in [1.29, 1.82) is 0 Å². The normalized spacial score (nSPS) is 12.6. The maximum absolute atomic E-state index is 13.4. The number of aryl methyl sites for hydroxylation is 1. The third-order valence-corrected chi connectivity index (χ3v) is 7.59. The maximum Gasteiger partial charge on any atom is 0.407 e. The highest BCUT2D eigenvalue weighted by Gasteiger charge is 2.35. The second-order valence-corrected chi connectivity index (χ2v) is 14.2. The molecular formula is C40H60N6O7. The molecule has 0 aliphatic heterocycles. The first-order valence-corrected chi connectivity index (χ1v) is 17.7. The van der Waals surface area contributed by atoms with Gasteiger partial charge in [-0.3, -0.25) is 20.0 Å². The number of amides is 4. The number of nitrogens with zero attached hydrogens (tertiary/aromatic N) is 2. The van der Waals surface area contributed by atoms with Crippen LogP contribution in [0.4, 0.5) is 9.59 Å². The van der Waals surface area contributed by atoms with Crippen molar-refractivity contribution in [2.45, 2.75) is 87.0 Å². The maximum atomic E-state index is 13.4. The van der Waals surface area contributed by atoms with Gasteiger partial charge >= 0.3 is 12.2 Å². The average Bonchev–Trinajstić information content (AvgIpc) is 3.12. The number of hydrogen-bond donors (Lipinski definition) is 5. The molecule has 1 unspecified atom stereocenters. The molecule has 4 amide bonds. The molecule has 0 radical (unpaired) electrons. The van der Waals surface area contributed by atoms with Crippen LogP contribution in [0.2, 0.25) is 0 Å². The molecule has 3 aromatic rings. The summed E-state index contributed by atoms with van der Waals surface area (Å²) in [6, 6.07) is 21.6. The van der Waals surface area contributed by atoms with Crippen LogP contribution >= 0.6 is 0 Å². The fourth-order valence-corrected chi connectivity index (χ4v) is 4.78. The van der Waals surface area contributed by atoms with Crippen molar-refractivity contribution in [2.75, 3.05) is 27.3 Å². The van der Waals surface area contributed by atoms with Crippen LogP contribution in [0.15, 0.2) is 79.0 Å². The number of methoxy groups -OCH3 is 2. The Morgan fingerprint density at radius 1 is 0.755 bits per heavy atom. The lowest BCUT2D eigenvalue weighted by molar-refractivity contribution is -0.132. The Morgan fingerprint density at radius 2 is 1.26 bits per heavy atom. The fraction of sp³-hybridized carbons (Fsp3) is 0.475. The molecule has 5 N–H and O–H groups in total. The number of carbonyl (C=O) groups excluding carboxylic acids is 4. The minimum atomic E-state index is -1.12. The van der Waals surface area contributed by atoms with Gasteiger partial charge in [0.05, 0.1) is 26.0 Å². The van der Waals surface area contributed by atoms with Gasteiger partial charge in [0, 0.05) is 31.4 Å². The van der Waals surface area contributed by atoms with E-state index in [-0.39, 0.29) is 19.6 Å². The van der Waals surface area contributed by atoms with Crippen molar-refractivity contribution in [3.05, 3.63) is 90.1 Å². The summed E-state index contributed by atoms with van der Waals surface area (Å²) in [5.74, 6) is -1.02. The van der Waals surface area contributed by atoms with Gasteiger partial charge in [-0.2, -0.15) is 0 Å². The summed E-state index contributed by atoms with van der Waals surface area (Å²) in [6.45, 7) is 16.8. The minimum Gasteiger partial charge on any atom is -0.453 e. The molecule has 13 heteroatoms. The molecule has 53 heavy (non-hydrogen) atoms. The lowest BCUT2D eigenvalue weighted by atomic mass is 9.86. The zero-order valence-electron chi connectivity index (χ0n) is 33.2. The predicted molar refractivity (Wildman–Crippen MR) is 207 cm³/mol. The zero-order chi connectivity index (χ0) is 40.2. The Morgan fingerprint density at radius 3 is 1.70 bits per heavy atom. The summed E-state index contributed by atoms with van der Waals surface area (Å²) in [5.41, 5.74) is 5.37. The monoisotopic (exact) mass is 736 g/mol. The molecule has 0 spiro atoms. The SMILES string of the molecule is CC.COC(=O)NC(C(=O)NC[C@@H](O)CN(Cc1ccc(-c2ccccn2)cc1)NC(=O)[C@@H](NC(=O)OC)C(C)(C)C)C(C)(C)C.Cc1ccccc1. The van der Waals surface area contributed by atoms with Gasteiger partial charge in [-0.25, -0.2) is 14.6 Å². The third kappa shape index (κ3) is 17.4. The van der Waals surface area contributed by atoms with Gasteiger partial charge in [0.15, 0.2) is 0 Å². The summed E-state index contributed by atoms with van der Waals surface area (Å²) in [4.78, 5) is 54.5. The van der Waals surface area contributed by atoms with Crippen LogP contribution in [0.25, 0.3) is 11.3 Å². The average molecular weight is 737 g/mol. The van der Waals surface area contributed by atoms with Crippen LogP contribution in [-0.2, 0) is 25.6 Å². The van der Waals surface area contributed by atoms with Gasteiger partial charge in [0.2, 0.25) is 5.91 Å². The van der Waals surface area contributed by atoms with Gasteiger partial charge < -0.3 is 30.5 Å². The highest BCUT2D eigenvalue weighted by atomic mass is 16.5. The zero-order valence-corrected chi connectivity index (χ0v) is 33.2. The first-order valence-electron chi connectivity index (χ1n) is 17.7. The Balaban J connectivity index is 0.00000137. The van der Waals surface area contributed by atoms with E-state index in [1.54, 1.807) is 47.7 Å². The van der Waals surface area contributed by atoms with E-state index in [9.17, 15) is 24.3 Å². The number of ether oxygens (including phenoxy) is 2. The molecule has 3 rings (SSSR count). The van der Waals surface area contributed by atoms with Crippen molar-refractivity contribution in [3.8, 4) is 11.3 Å². The number of alkyl carbamates (subject to hydrolysis) is 2. The molecule has 2 aromatic carbocycles. The van der Waals surface area contributed by atoms with Crippen LogP contribution in [0.1, 0.15) is 66.5 Å². The molecule has 0 aliphatic rings. The number of aliphatic hydroxyl groups excluding tert-OH is 1. The molecule has 1 heterocycles. The van der Waals surface area contributed by atoms with E-state index in [2.05, 4.69) is 50.2 Å². The predicted octanol–water partition coefficient (Wildman–Crippen LogP) is 5.62. The lowest BCUT2D eigenvalue weighted by Gasteiger charge is -2.33. The van der Waals surface area contributed by atoms with Crippen molar-refractivity contribution in [2.24, 2.45) is 10.8 Å². The van der Waals surface area contributed by atoms with E-state index in [1.807, 2.05) is 74.5 Å². The quantitative estimate of drug-likeness (QED) is 0.148. The number of aromatic nitrogens is 1. The number of hydrazine groups is 1. The van der Waals surface area contributed by atoms with Crippen LogP contribution < -0.4 is 21.4 Å². The van der Waals surface area contributed by atoms with Gasteiger partial charge in [0.25, 0.3) is 5.91 Å². The summed E-state index contributed by atoms with van der Waals surface area (Å²) < 4.78 is 9.35. The summed E-state index contributed by atoms with van der Waals surface area (Å²) in [7, 11) is 2.42. The highest BCUT2D eigenvalue weighted by Crippen LogP contribution is 2.22. The van der Waals surface area contributed by atoms with Crippen molar-refractivity contribution >= 4 is 24.0 Å². The largest absolute Gasteiger partial charge is 0.453 e.